The third kappa shape index (κ3) is 2.61. The maximum absolute atomic E-state index is 13.4. The van der Waals surface area contributed by atoms with Crippen LogP contribution in [0.25, 0.3) is 5.82 Å². The number of rotatable bonds is 4. The van der Waals surface area contributed by atoms with E-state index in [4.69, 9.17) is 4.52 Å². The largest absolute Gasteiger partial charge is 0.361 e. The molecule has 0 bridgehead atoms. The van der Waals surface area contributed by atoms with E-state index in [0.29, 0.717) is 30.1 Å². The minimum absolute atomic E-state index is 0.00802. The molecule has 7 heteroatoms. The Balaban J connectivity index is 1.58. The average molecular weight is 406 g/mol. The van der Waals surface area contributed by atoms with Crippen molar-refractivity contribution in [1.29, 1.82) is 0 Å². The van der Waals surface area contributed by atoms with Gasteiger partial charge >= 0.3 is 0 Å². The second-order valence-electron chi connectivity index (χ2n) is 8.32. The van der Waals surface area contributed by atoms with Gasteiger partial charge in [0.15, 0.2) is 5.82 Å². The van der Waals surface area contributed by atoms with Crippen molar-refractivity contribution in [2.45, 2.75) is 45.6 Å². The van der Waals surface area contributed by atoms with Crippen molar-refractivity contribution in [3.8, 4) is 5.82 Å². The van der Waals surface area contributed by atoms with Crippen LogP contribution < -0.4 is 4.90 Å². The lowest BCUT2D eigenvalue weighted by Gasteiger charge is -2.47. The number of nitrogens with zero attached hydrogens (tertiary/aromatic N) is 5. The van der Waals surface area contributed by atoms with E-state index in [1.54, 1.807) is 6.92 Å². The number of aromatic nitrogens is 3. The van der Waals surface area contributed by atoms with Gasteiger partial charge in [-0.3, -0.25) is 4.79 Å². The highest BCUT2D eigenvalue weighted by Crippen LogP contribution is 2.47. The fourth-order valence-corrected chi connectivity index (χ4v) is 5.09. The first-order valence-corrected chi connectivity index (χ1v) is 10.7. The number of hydrogen-bond acceptors (Lipinski definition) is 5. The Labute approximate surface area is 176 Å². The highest BCUT2D eigenvalue weighted by atomic mass is 16.5. The van der Waals surface area contributed by atoms with Gasteiger partial charge in [-0.25, -0.2) is 4.98 Å². The SMILES string of the molecule is CCCCN1c2cccnc2-n2cccc2[C@@]12CCN(C(=O)c1c(C)noc1C)C2. The predicted molar refractivity (Wildman–Crippen MR) is 114 cm³/mol. The summed E-state index contributed by atoms with van der Waals surface area (Å²) in [5, 5.41) is 3.98. The minimum atomic E-state index is -0.261. The zero-order chi connectivity index (χ0) is 20.9. The number of pyridine rings is 1. The molecule has 5 heterocycles. The van der Waals surface area contributed by atoms with Gasteiger partial charge in [-0.2, -0.15) is 0 Å². The first kappa shape index (κ1) is 18.9. The molecular formula is C23H27N5O2. The summed E-state index contributed by atoms with van der Waals surface area (Å²) >= 11 is 0. The first-order valence-electron chi connectivity index (χ1n) is 10.7. The molecule has 0 aliphatic carbocycles. The van der Waals surface area contributed by atoms with E-state index in [9.17, 15) is 4.79 Å². The lowest BCUT2D eigenvalue weighted by Crippen LogP contribution is -2.53. The molecule has 2 aliphatic heterocycles. The number of anilines is 1. The molecule has 1 spiro atoms. The molecule has 5 rings (SSSR count). The maximum atomic E-state index is 13.4. The van der Waals surface area contributed by atoms with Gasteiger partial charge < -0.3 is 18.9 Å². The quantitative estimate of drug-likeness (QED) is 0.660. The number of aryl methyl sites for hydroxylation is 2. The monoisotopic (exact) mass is 405 g/mol. The molecule has 3 aromatic rings. The van der Waals surface area contributed by atoms with Gasteiger partial charge in [0.2, 0.25) is 0 Å². The molecule has 3 aromatic heterocycles. The molecule has 0 N–H and O–H groups in total. The standard InChI is InChI=1S/C23H27N5O2/c1-4-5-13-28-18-8-6-11-24-21(18)27-12-7-9-19(27)23(28)10-14-26(15-23)22(29)20-16(2)25-30-17(20)3/h6-9,11-12H,4-5,10,13-15H2,1-3H3/t23-/m0/s1. The first-order chi connectivity index (χ1) is 14.6. The predicted octanol–water partition coefficient (Wildman–Crippen LogP) is 3.84. The molecule has 0 saturated carbocycles. The summed E-state index contributed by atoms with van der Waals surface area (Å²) in [6.07, 6.45) is 7.02. The van der Waals surface area contributed by atoms with Crippen LogP contribution in [0.3, 0.4) is 0 Å². The maximum Gasteiger partial charge on any atom is 0.259 e. The van der Waals surface area contributed by atoms with Crippen LogP contribution in [0, 0.1) is 13.8 Å². The van der Waals surface area contributed by atoms with Gasteiger partial charge in [0, 0.05) is 32.0 Å². The zero-order valence-corrected chi connectivity index (χ0v) is 17.8. The lowest BCUT2D eigenvalue weighted by atomic mass is 9.88. The topological polar surface area (TPSA) is 67.4 Å². The van der Waals surface area contributed by atoms with Crippen LogP contribution in [0.1, 0.15) is 53.7 Å². The van der Waals surface area contributed by atoms with Crippen LogP contribution in [-0.4, -0.2) is 45.1 Å². The molecule has 2 aliphatic rings. The van der Waals surface area contributed by atoms with E-state index in [1.165, 1.54) is 5.69 Å². The van der Waals surface area contributed by atoms with Crippen LogP contribution >= 0.6 is 0 Å². The normalized spacial score (nSPS) is 20.0. The molecule has 1 atom stereocenters. The van der Waals surface area contributed by atoms with E-state index in [1.807, 2.05) is 24.1 Å². The molecule has 1 amide bonds. The van der Waals surface area contributed by atoms with Gasteiger partial charge in [0.05, 0.1) is 17.1 Å². The summed E-state index contributed by atoms with van der Waals surface area (Å²) < 4.78 is 7.45. The van der Waals surface area contributed by atoms with Crippen molar-refractivity contribution in [3.63, 3.8) is 0 Å². The Hall–Kier alpha value is -3.09. The summed E-state index contributed by atoms with van der Waals surface area (Å²) in [4.78, 5) is 22.5. The van der Waals surface area contributed by atoms with Gasteiger partial charge in [-0.1, -0.05) is 18.5 Å². The Morgan fingerprint density at radius 2 is 2.13 bits per heavy atom. The zero-order valence-electron chi connectivity index (χ0n) is 17.8. The van der Waals surface area contributed by atoms with E-state index in [2.05, 4.69) is 50.9 Å². The summed E-state index contributed by atoms with van der Waals surface area (Å²) in [5.74, 6) is 1.56. The lowest BCUT2D eigenvalue weighted by molar-refractivity contribution is 0.0779. The van der Waals surface area contributed by atoms with Gasteiger partial charge in [-0.15, -0.1) is 0 Å². The van der Waals surface area contributed by atoms with Crippen molar-refractivity contribution >= 4 is 11.6 Å². The second kappa shape index (κ2) is 7.00. The summed E-state index contributed by atoms with van der Waals surface area (Å²) in [7, 11) is 0. The fourth-order valence-electron chi connectivity index (χ4n) is 5.09. The third-order valence-corrected chi connectivity index (χ3v) is 6.54. The third-order valence-electron chi connectivity index (χ3n) is 6.54. The van der Waals surface area contributed by atoms with Crippen LogP contribution in [0.2, 0.25) is 0 Å². The average Bonchev–Trinajstić information content (AvgIpc) is 3.48. The molecule has 1 saturated heterocycles. The van der Waals surface area contributed by atoms with Crippen molar-refractivity contribution in [2.24, 2.45) is 0 Å². The number of carbonyl (C=O) groups is 1. The Morgan fingerprint density at radius 3 is 2.90 bits per heavy atom. The van der Waals surface area contributed by atoms with Crippen LogP contribution in [-0.2, 0) is 5.54 Å². The van der Waals surface area contributed by atoms with E-state index in [-0.39, 0.29) is 11.4 Å². The molecule has 156 valence electrons. The number of amides is 1. The number of unbranched alkanes of at least 4 members (excludes halogenated alkanes) is 1. The Kier molecular flexibility index (Phi) is 4.41. The highest BCUT2D eigenvalue weighted by molar-refractivity contribution is 5.96. The van der Waals surface area contributed by atoms with E-state index in [0.717, 1.165) is 37.3 Å². The number of fused-ring (bicyclic) bond motifs is 4. The minimum Gasteiger partial charge on any atom is -0.361 e. The van der Waals surface area contributed by atoms with Crippen molar-refractivity contribution < 1.29 is 9.32 Å². The van der Waals surface area contributed by atoms with Gasteiger partial charge in [-0.05, 0) is 51.0 Å². The molecule has 0 radical (unpaired) electrons. The van der Waals surface area contributed by atoms with Gasteiger partial charge in [0.1, 0.15) is 16.9 Å². The van der Waals surface area contributed by atoms with Crippen LogP contribution in [0.15, 0.2) is 41.2 Å². The van der Waals surface area contributed by atoms with Crippen molar-refractivity contribution in [2.75, 3.05) is 24.5 Å². The molecule has 7 nitrogen and oxygen atoms in total. The van der Waals surface area contributed by atoms with Crippen molar-refractivity contribution in [3.05, 3.63) is 59.4 Å². The smallest absolute Gasteiger partial charge is 0.259 e. The Bertz CT molecular complexity index is 1080. The number of likely N-dealkylation sites (tertiary alicyclic amines) is 1. The molecule has 0 aromatic carbocycles. The molecule has 30 heavy (non-hydrogen) atoms. The van der Waals surface area contributed by atoms with Gasteiger partial charge in [0.25, 0.3) is 5.91 Å². The summed E-state index contributed by atoms with van der Waals surface area (Å²) in [6, 6.07) is 8.42. The Morgan fingerprint density at radius 1 is 1.27 bits per heavy atom. The summed E-state index contributed by atoms with van der Waals surface area (Å²) in [5.41, 5.74) is 3.34. The highest BCUT2D eigenvalue weighted by Gasteiger charge is 2.51. The molecular weight excluding hydrogens is 378 g/mol. The van der Waals surface area contributed by atoms with Crippen LogP contribution in [0.4, 0.5) is 5.69 Å². The number of carbonyl (C=O) groups excluding carboxylic acids is 1. The summed E-state index contributed by atoms with van der Waals surface area (Å²) in [6.45, 7) is 8.13. The second-order valence-corrected chi connectivity index (χ2v) is 8.32. The molecule has 0 unspecified atom stereocenters. The van der Waals surface area contributed by atoms with Crippen molar-refractivity contribution in [1.82, 2.24) is 19.6 Å². The van der Waals surface area contributed by atoms with Crippen LogP contribution in [0.5, 0.6) is 0 Å². The molecule has 1 fully saturated rings. The van der Waals surface area contributed by atoms with E-state index < -0.39 is 0 Å². The fraction of sp³-hybridized carbons (Fsp3) is 0.435. The number of hydrogen-bond donors (Lipinski definition) is 0. The van der Waals surface area contributed by atoms with E-state index >= 15 is 0 Å².